The lowest BCUT2D eigenvalue weighted by atomic mass is 10.1. The first-order valence-electron chi connectivity index (χ1n) is 9.46. The summed E-state index contributed by atoms with van der Waals surface area (Å²) in [5.74, 6) is 0.534. The van der Waals surface area contributed by atoms with E-state index < -0.39 is 15.2 Å². The molecule has 8 heteroatoms. The van der Waals surface area contributed by atoms with Crippen LogP contribution < -0.4 is 0 Å². The molecule has 0 fully saturated rings. The zero-order chi connectivity index (χ0) is 22.4. The molecular weight excluding hydrogens is 443 g/mol. The molecule has 0 heterocycles. The van der Waals surface area contributed by atoms with Crippen LogP contribution in [0.4, 0.5) is 0 Å². The molecule has 166 valence electrons. The van der Waals surface area contributed by atoms with Crippen LogP contribution in [-0.4, -0.2) is 20.5 Å². The third-order valence-corrected chi connectivity index (χ3v) is 3.24. The molecule has 0 saturated carbocycles. The van der Waals surface area contributed by atoms with Crippen molar-refractivity contribution in [3.8, 4) is 0 Å². The molecule has 0 saturated heterocycles. The largest absolute Gasteiger partial charge is 0.481 e. The van der Waals surface area contributed by atoms with Crippen LogP contribution in [0.2, 0.25) is 0 Å². The van der Waals surface area contributed by atoms with E-state index >= 15 is 0 Å². The summed E-state index contributed by atoms with van der Waals surface area (Å²) in [5, 5.41) is 8.12. The highest BCUT2D eigenvalue weighted by atomic mass is 36.0. The van der Waals surface area contributed by atoms with Gasteiger partial charge in [-0.1, -0.05) is 52.0 Å². The van der Waals surface area contributed by atoms with Crippen molar-refractivity contribution in [1.82, 2.24) is 0 Å². The minimum Gasteiger partial charge on any atom is -0.481 e. The fourth-order valence-corrected chi connectivity index (χ4v) is 1.93. The van der Waals surface area contributed by atoms with Gasteiger partial charge in [-0.2, -0.15) is 0 Å². The highest BCUT2D eigenvalue weighted by molar-refractivity contribution is 8.26. The van der Waals surface area contributed by atoms with Gasteiger partial charge >= 0.3 is 5.97 Å². The number of carboxylic acids is 1. The minimum atomic E-state index is -1.67. The van der Waals surface area contributed by atoms with Crippen molar-refractivity contribution in [2.75, 3.05) is 0 Å². The van der Waals surface area contributed by atoms with Crippen molar-refractivity contribution in [1.29, 1.82) is 0 Å². The molecule has 0 aromatic rings. The summed E-state index contributed by atoms with van der Waals surface area (Å²) in [4.78, 5) is 20.5. The lowest BCUT2D eigenvalue weighted by Crippen LogP contribution is -1.92. The van der Waals surface area contributed by atoms with Crippen LogP contribution in [-0.2, 0) is 18.8 Å². The second-order valence-corrected chi connectivity index (χ2v) is 9.71. The van der Waals surface area contributed by atoms with Crippen LogP contribution in [0.15, 0.2) is 24.3 Å². The molecule has 4 nitrogen and oxygen atoms in total. The highest BCUT2D eigenvalue weighted by Gasteiger charge is 1.94. The van der Waals surface area contributed by atoms with Crippen LogP contribution in [0.3, 0.4) is 0 Å². The van der Waals surface area contributed by atoms with Gasteiger partial charge in [-0.15, -0.1) is 0 Å². The van der Waals surface area contributed by atoms with E-state index in [1.807, 2.05) is 0 Å². The van der Waals surface area contributed by atoms with Crippen LogP contribution in [0.5, 0.6) is 0 Å². The van der Waals surface area contributed by atoms with E-state index in [2.05, 4.69) is 73.4 Å². The van der Waals surface area contributed by atoms with Gasteiger partial charge in [-0.05, 0) is 62.0 Å². The fraction of sp³-hybridized carbons (Fsp3) is 0.700. The zero-order valence-corrected chi connectivity index (χ0v) is 20.4. The van der Waals surface area contributed by atoms with Crippen molar-refractivity contribution in [3.05, 3.63) is 24.3 Å². The van der Waals surface area contributed by atoms with Crippen molar-refractivity contribution < 1.29 is 18.9 Å². The zero-order valence-electron chi connectivity index (χ0n) is 17.3. The van der Waals surface area contributed by atoms with E-state index in [-0.39, 0.29) is 5.24 Å². The Labute approximate surface area is 187 Å². The Morgan fingerprint density at radius 1 is 0.857 bits per heavy atom. The molecule has 0 aromatic heterocycles. The number of unbranched alkanes of at least 4 members (excludes halogenated alkanes) is 4. The molecule has 0 aliphatic heterocycles. The lowest BCUT2D eigenvalue weighted by Gasteiger charge is -1.95. The second-order valence-electron chi connectivity index (χ2n) is 6.77. The highest BCUT2D eigenvalue weighted by Crippen LogP contribution is 2.04. The maximum atomic E-state index is 10.3. The Bertz CT molecular complexity index is 424. The monoisotopic (exact) mass is 476 g/mol. The van der Waals surface area contributed by atoms with Crippen molar-refractivity contribution in [3.63, 3.8) is 0 Å². The average Bonchev–Trinajstić information content (AvgIpc) is 2.53. The summed E-state index contributed by atoms with van der Waals surface area (Å²) >= 11 is 5.18. The summed E-state index contributed by atoms with van der Waals surface area (Å²) in [6.07, 6.45) is 15.2. The van der Waals surface area contributed by atoms with Crippen LogP contribution in [0.1, 0.15) is 79.1 Å². The van der Waals surface area contributed by atoms with Gasteiger partial charge in [0.05, 0.1) is 0 Å². The molecule has 0 rings (SSSR count). The van der Waals surface area contributed by atoms with Crippen LogP contribution in [0, 0.1) is 11.8 Å². The number of carboxylic acid groups (broad SMARTS) is 1. The van der Waals surface area contributed by atoms with E-state index in [1.54, 1.807) is 0 Å². The molecule has 0 atom stereocenters. The molecule has 0 aliphatic carbocycles. The van der Waals surface area contributed by atoms with E-state index in [9.17, 15) is 9.59 Å². The van der Waals surface area contributed by atoms with Crippen LogP contribution in [0.25, 0.3) is 0 Å². The smallest absolute Gasteiger partial charge is 0.303 e. The molecule has 0 spiro atoms. The Balaban J connectivity index is -0.000000375. The average molecular weight is 478 g/mol. The number of hydrogen-bond donors (Lipinski definition) is 1. The summed E-state index contributed by atoms with van der Waals surface area (Å²) in [6.45, 7) is 8.57. The van der Waals surface area contributed by atoms with Gasteiger partial charge in [-0.3, -0.25) is 9.59 Å². The molecule has 0 aromatic carbocycles. The van der Waals surface area contributed by atoms with E-state index in [4.69, 9.17) is 20.9 Å². The van der Waals surface area contributed by atoms with Gasteiger partial charge in [0.1, 0.15) is 0 Å². The van der Waals surface area contributed by atoms with E-state index in [0.29, 0.717) is 24.7 Å². The maximum absolute atomic E-state index is 10.3. The first kappa shape index (κ1) is 32.3. The number of allylic oxidation sites excluding steroid dienone is 4. The molecule has 0 unspecified atom stereocenters. The minimum absolute atomic E-state index is 0.220. The summed E-state index contributed by atoms with van der Waals surface area (Å²) in [6, 6.07) is 0. The predicted molar refractivity (Wildman–Crippen MR) is 123 cm³/mol. The molecular formula is C20H35Cl3O4S. The summed E-state index contributed by atoms with van der Waals surface area (Å²) in [5.41, 5.74) is 0. The standard InChI is InChI=1S/C10H17ClO.C10H18O2.Cl2OS/c2*1-9(2)7-5-3-4-6-8-10(11)12;1-4(2)3/h5,7,9H,3-4,6,8H2,1-2H3;5,7,9H,3-4,6,8H2,1-2H3,(H,11,12);/b2*7-5+;. The van der Waals surface area contributed by atoms with Crippen LogP contribution >= 0.6 is 33.0 Å². The van der Waals surface area contributed by atoms with Crippen molar-refractivity contribution in [2.45, 2.75) is 79.1 Å². The van der Waals surface area contributed by atoms with Gasteiger partial charge < -0.3 is 5.11 Å². The third-order valence-electron chi connectivity index (χ3n) is 3.05. The second kappa shape index (κ2) is 24.7. The molecule has 0 radical (unpaired) electrons. The van der Waals surface area contributed by atoms with E-state index in [0.717, 1.165) is 38.5 Å². The first-order chi connectivity index (χ1) is 13.0. The Kier molecular flexibility index (Phi) is 28.5. The molecule has 0 amide bonds. The number of rotatable bonds is 12. The molecule has 0 bridgehead atoms. The van der Waals surface area contributed by atoms with Gasteiger partial charge in [0, 0.05) is 34.2 Å². The Morgan fingerprint density at radius 2 is 1.21 bits per heavy atom. The quantitative estimate of drug-likeness (QED) is 0.180. The molecule has 1 N–H and O–H groups in total. The number of carbonyl (C=O) groups excluding carboxylic acids is 1. The fourth-order valence-electron chi connectivity index (χ4n) is 1.80. The SMILES string of the molecule is CC(C)/C=C/CCCCC(=O)Cl.CC(C)/C=C/CCCCC(=O)O.O=S(Cl)Cl. The summed E-state index contributed by atoms with van der Waals surface area (Å²) in [7, 11) is 7.36. The van der Waals surface area contributed by atoms with Crippen molar-refractivity contribution in [2.24, 2.45) is 11.8 Å². The van der Waals surface area contributed by atoms with E-state index in [1.165, 1.54) is 0 Å². The Morgan fingerprint density at radius 3 is 1.50 bits per heavy atom. The van der Waals surface area contributed by atoms with Gasteiger partial charge in [0.2, 0.25) is 14.5 Å². The summed E-state index contributed by atoms with van der Waals surface area (Å²) < 4.78 is 9.09. The number of aliphatic carboxylic acids is 1. The topological polar surface area (TPSA) is 71.4 Å². The van der Waals surface area contributed by atoms with Gasteiger partial charge in [0.15, 0.2) is 0 Å². The first-order valence-corrected chi connectivity index (χ1v) is 12.6. The third kappa shape index (κ3) is 50.0. The molecule has 28 heavy (non-hydrogen) atoms. The maximum Gasteiger partial charge on any atom is 0.303 e. The number of carbonyl (C=O) groups is 2. The number of hydrogen-bond acceptors (Lipinski definition) is 3. The normalized spacial score (nSPS) is 10.9. The number of halogens is 3. The Hall–Kier alpha value is -0.360. The van der Waals surface area contributed by atoms with Gasteiger partial charge in [-0.25, -0.2) is 4.21 Å². The predicted octanol–water partition coefficient (Wildman–Crippen LogP) is 7.41. The lowest BCUT2D eigenvalue weighted by molar-refractivity contribution is -0.137. The van der Waals surface area contributed by atoms with Gasteiger partial charge in [0.25, 0.3) is 0 Å². The molecule has 0 aliphatic rings. The van der Waals surface area contributed by atoms with Crippen molar-refractivity contribution >= 4 is 53.4 Å².